The molecular formula is C21H28F2N4O4S. The second kappa shape index (κ2) is 11.6. The Hall–Kier alpha value is -2.92. The van der Waals surface area contributed by atoms with Crippen molar-refractivity contribution in [1.29, 1.82) is 0 Å². The molecule has 8 nitrogen and oxygen atoms in total. The topological polar surface area (TPSA) is 99.8 Å². The smallest absolute Gasteiger partial charge is 0.387 e. The normalized spacial score (nSPS) is 11.5. The van der Waals surface area contributed by atoms with Crippen LogP contribution in [0.1, 0.15) is 20.8 Å². The molecule has 32 heavy (non-hydrogen) atoms. The third-order valence-electron chi connectivity index (χ3n) is 4.50. The van der Waals surface area contributed by atoms with Crippen LogP contribution in [0.25, 0.3) is 0 Å². The first-order chi connectivity index (χ1) is 15.2. The van der Waals surface area contributed by atoms with E-state index in [0.29, 0.717) is 36.7 Å². The number of ether oxygens (including phenoxy) is 1. The molecule has 0 aliphatic rings. The fourth-order valence-corrected chi connectivity index (χ4v) is 4.47. The van der Waals surface area contributed by atoms with Crippen LogP contribution in [0.5, 0.6) is 5.75 Å². The van der Waals surface area contributed by atoms with Crippen molar-refractivity contribution in [3.8, 4) is 5.75 Å². The van der Waals surface area contributed by atoms with E-state index >= 15 is 0 Å². The van der Waals surface area contributed by atoms with Crippen molar-refractivity contribution in [3.63, 3.8) is 0 Å². The zero-order chi connectivity index (χ0) is 23.7. The highest BCUT2D eigenvalue weighted by atomic mass is 32.2. The maximum Gasteiger partial charge on any atom is 0.387 e. The molecule has 3 N–H and O–H groups in total. The second-order valence-electron chi connectivity index (χ2n) is 6.63. The summed E-state index contributed by atoms with van der Waals surface area (Å²) in [5, 5.41) is 8.73. The lowest BCUT2D eigenvalue weighted by Crippen LogP contribution is -2.30. The molecule has 2 rings (SSSR count). The SMILES string of the molecule is CCNc1ccc(S(=O)(=O)N(CC)CC)cc1NCC(=O)Nc1ccc(OC(F)F)cc1. The zero-order valence-corrected chi connectivity index (χ0v) is 19.0. The van der Waals surface area contributed by atoms with Crippen LogP contribution >= 0.6 is 0 Å². The number of amides is 1. The lowest BCUT2D eigenvalue weighted by atomic mass is 10.2. The molecule has 0 saturated heterocycles. The predicted molar refractivity (Wildman–Crippen MR) is 121 cm³/mol. The van der Waals surface area contributed by atoms with Gasteiger partial charge in [-0.15, -0.1) is 0 Å². The number of nitrogens with one attached hydrogen (secondary N) is 3. The highest BCUT2D eigenvalue weighted by Crippen LogP contribution is 2.27. The average molecular weight is 471 g/mol. The zero-order valence-electron chi connectivity index (χ0n) is 18.2. The number of sulfonamides is 1. The summed E-state index contributed by atoms with van der Waals surface area (Å²) >= 11 is 0. The first kappa shape index (κ1) is 25.3. The number of nitrogens with zero attached hydrogens (tertiary/aromatic N) is 1. The number of anilines is 3. The van der Waals surface area contributed by atoms with Crippen LogP contribution < -0.4 is 20.7 Å². The molecule has 176 valence electrons. The van der Waals surface area contributed by atoms with Crippen LogP contribution in [0.2, 0.25) is 0 Å². The molecule has 0 unspecified atom stereocenters. The van der Waals surface area contributed by atoms with Crippen molar-refractivity contribution in [2.45, 2.75) is 32.3 Å². The Balaban J connectivity index is 2.12. The summed E-state index contributed by atoms with van der Waals surface area (Å²) in [6.07, 6.45) is 0. The third kappa shape index (κ3) is 6.79. The Morgan fingerprint density at radius 2 is 1.66 bits per heavy atom. The molecular weight excluding hydrogens is 442 g/mol. The van der Waals surface area contributed by atoms with Crippen molar-refractivity contribution in [1.82, 2.24) is 4.31 Å². The largest absolute Gasteiger partial charge is 0.435 e. The summed E-state index contributed by atoms with van der Waals surface area (Å²) in [7, 11) is -3.66. The molecule has 11 heteroatoms. The Morgan fingerprint density at radius 1 is 1.00 bits per heavy atom. The third-order valence-corrected chi connectivity index (χ3v) is 6.55. The molecule has 0 spiro atoms. The minimum absolute atomic E-state index is 0.0161. The van der Waals surface area contributed by atoms with E-state index in [-0.39, 0.29) is 17.2 Å². The summed E-state index contributed by atoms with van der Waals surface area (Å²) in [4.78, 5) is 12.5. The maximum atomic E-state index is 12.8. The molecule has 0 radical (unpaired) electrons. The monoisotopic (exact) mass is 470 g/mol. The van der Waals surface area contributed by atoms with E-state index in [2.05, 4.69) is 20.7 Å². The maximum absolute atomic E-state index is 12.8. The van der Waals surface area contributed by atoms with Crippen molar-refractivity contribution < 1.29 is 26.7 Å². The van der Waals surface area contributed by atoms with Crippen LogP contribution in [0.4, 0.5) is 25.8 Å². The summed E-state index contributed by atoms with van der Waals surface area (Å²) in [6.45, 7) is 3.68. The lowest BCUT2D eigenvalue weighted by Gasteiger charge is -2.20. The van der Waals surface area contributed by atoms with E-state index in [0.717, 1.165) is 0 Å². The molecule has 2 aromatic rings. The summed E-state index contributed by atoms with van der Waals surface area (Å²) in [6, 6.07) is 10.2. The first-order valence-electron chi connectivity index (χ1n) is 10.2. The predicted octanol–water partition coefficient (Wildman–Crippen LogP) is 3.80. The Morgan fingerprint density at radius 3 is 2.22 bits per heavy atom. The van der Waals surface area contributed by atoms with Gasteiger partial charge in [0.25, 0.3) is 0 Å². The van der Waals surface area contributed by atoms with Crippen LogP contribution in [-0.2, 0) is 14.8 Å². The Kier molecular flexibility index (Phi) is 9.21. The average Bonchev–Trinajstić information content (AvgIpc) is 2.75. The Labute approximate surface area is 187 Å². The number of hydrogen-bond acceptors (Lipinski definition) is 6. The highest BCUT2D eigenvalue weighted by molar-refractivity contribution is 7.89. The van der Waals surface area contributed by atoms with Gasteiger partial charge in [0.15, 0.2) is 0 Å². The standard InChI is InChI=1S/C21H28F2N4O4S/c1-4-24-18-12-11-17(32(29,30)27(5-2)6-3)13-19(18)25-14-20(28)26-15-7-9-16(10-8-15)31-21(22)23/h7-13,21,24-25H,4-6,14H2,1-3H3,(H,26,28). The molecule has 0 fully saturated rings. The molecule has 1 amide bonds. The van der Waals surface area contributed by atoms with Gasteiger partial charge < -0.3 is 20.7 Å². The first-order valence-corrected chi connectivity index (χ1v) is 11.6. The van der Waals surface area contributed by atoms with Crippen LogP contribution in [0, 0.1) is 0 Å². The van der Waals surface area contributed by atoms with Gasteiger partial charge in [0.1, 0.15) is 5.75 Å². The van der Waals surface area contributed by atoms with E-state index in [1.807, 2.05) is 6.92 Å². The number of benzene rings is 2. The highest BCUT2D eigenvalue weighted by Gasteiger charge is 2.22. The summed E-state index contributed by atoms with van der Waals surface area (Å²) in [5.41, 5.74) is 1.53. The van der Waals surface area contributed by atoms with Gasteiger partial charge >= 0.3 is 6.61 Å². The number of alkyl halides is 2. The van der Waals surface area contributed by atoms with Gasteiger partial charge in [0, 0.05) is 25.3 Å². The minimum atomic E-state index is -3.66. The summed E-state index contributed by atoms with van der Waals surface area (Å²) in [5.74, 6) is -0.412. The summed E-state index contributed by atoms with van der Waals surface area (Å²) < 4.78 is 55.7. The lowest BCUT2D eigenvalue weighted by molar-refractivity contribution is -0.114. The molecule has 0 aliphatic heterocycles. The molecule has 0 heterocycles. The van der Waals surface area contributed by atoms with Gasteiger partial charge in [0.05, 0.1) is 22.8 Å². The molecule has 0 bridgehead atoms. The second-order valence-corrected chi connectivity index (χ2v) is 8.57. The molecule has 0 aliphatic carbocycles. The fraction of sp³-hybridized carbons (Fsp3) is 0.381. The van der Waals surface area contributed by atoms with Crippen LogP contribution in [0.3, 0.4) is 0 Å². The molecule has 2 aromatic carbocycles. The van der Waals surface area contributed by atoms with E-state index in [9.17, 15) is 22.0 Å². The van der Waals surface area contributed by atoms with Gasteiger partial charge in [0.2, 0.25) is 15.9 Å². The Bertz CT molecular complexity index is 997. The minimum Gasteiger partial charge on any atom is -0.435 e. The molecule has 0 atom stereocenters. The van der Waals surface area contributed by atoms with Gasteiger partial charge in [-0.25, -0.2) is 8.42 Å². The van der Waals surface area contributed by atoms with E-state index in [1.165, 1.54) is 40.7 Å². The molecule has 0 saturated carbocycles. The van der Waals surface area contributed by atoms with Gasteiger partial charge in [-0.3, -0.25) is 4.79 Å². The molecule has 0 aromatic heterocycles. The van der Waals surface area contributed by atoms with E-state index < -0.39 is 22.5 Å². The number of carbonyl (C=O) groups is 1. The van der Waals surface area contributed by atoms with Crippen molar-refractivity contribution in [2.24, 2.45) is 0 Å². The number of rotatable bonds is 12. The number of hydrogen-bond donors (Lipinski definition) is 3. The van der Waals surface area contributed by atoms with Crippen molar-refractivity contribution in [3.05, 3.63) is 42.5 Å². The van der Waals surface area contributed by atoms with Crippen molar-refractivity contribution in [2.75, 3.05) is 42.1 Å². The van der Waals surface area contributed by atoms with Crippen molar-refractivity contribution >= 4 is 33.0 Å². The number of carbonyl (C=O) groups excluding carboxylic acids is 1. The number of halogens is 2. The van der Waals surface area contributed by atoms with E-state index in [1.54, 1.807) is 19.9 Å². The van der Waals surface area contributed by atoms with Crippen LogP contribution in [-0.4, -0.2) is 51.4 Å². The van der Waals surface area contributed by atoms with Gasteiger partial charge in [-0.1, -0.05) is 13.8 Å². The van der Waals surface area contributed by atoms with Gasteiger partial charge in [-0.05, 0) is 49.4 Å². The van der Waals surface area contributed by atoms with E-state index in [4.69, 9.17) is 0 Å². The van der Waals surface area contributed by atoms with Crippen LogP contribution in [0.15, 0.2) is 47.4 Å². The quantitative estimate of drug-likeness (QED) is 0.436. The van der Waals surface area contributed by atoms with Gasteiger partial charge in [-0.2, -0.15) is 13.1 Å². The fourth-order valence-electron chi connectivity index (χ4n) is 2.99.